The van der Waals surface area contributed by atoms with Crippen molar-refractivity contribution in [1.29, 1.82) is 0 Å². The Morgan fingerprint density at radius 3 is 2.38 bits per heavy atom. The molecule has 1 aromatic carbocycles. The van der Waals surface area contributed by atoms with Gasteiger partial charge in [0.15, 0.2) is 0 Å². The lowest BCUT2D eigenvalue weighted by Crippen LogP contribution is -2.36. The fourth-order valence-corrected chi connectivity index (χ4v) is 5.13. The van der Waals surface area contributed by atoms with Crippen molar-refractivity contribution in [2.75, 3.05) is 25.0 Å². The number of halogens is 6. The van der Waals surface area contributed by atoms with Gasteiger partial charge in [-0.3, -0.25) is 0 Å². The van der Waals surface area contributed by atoms with Gasteiger partial charge in [-0.2, -0.15) is 32.8 Å². The number of amides is 1. The molecule has 0 bridgehead atoms. The number of hydrogen-bond donors (Lipinski definition) is 1. The molecule has 1 aliphatic carbocycles. The number of alkyl halides is 3. The monoisotopic (exact) mass is 570 g/mol. The van der Waals surface area contributed by atoms with Crippen LogP contribution in [-0.2, 0) is 4.74 Å². The number of carbonyl (C=O) groups is 1. The van der Waals surface area contributed by atoms with E-state index in [1.54, 1.807) is 31.7 Å². The number of benzene rings is 1. The zero-order valence-electron chi connectivity index (χ0n) is 21.1. The van der Waals surface area contributed by atoms with Gasteiger partial charge in [0.1, 0.15) is 41.1 Å². The molecule has 1 N–H and O–H groups in total. The van der Waals surface area contributed by atoms with Gasteiger partial charge in [0.2, 0.25) is 0 Å². The number of piperidine rings is 1. The van der Waals surface area contributed by atoms with Gasteiger partial charge in [-0.05, 0) is 56.2 Å². The molecule has 2 aliphatic rings. The molecule has 2 aromatic heterocycles. The third-order valence-electron chi connectivity index (χ3n) is 6.58. The van der Waals surface area contributed by atoms with Crippen LogP contribution in [0.1, 0.15) is 26.3 Å². The number of allylic oxidation sites excluding steroid dienone is 1. The average molecular weight is 571 g/mol. The standard InChI is InChI=1S/C25H24ClF5N6O2/c1-24(2,3)39-23(38)36-8-14-13(15(14)9-36)5-4-12-6-16(27)18(17(28)7-12)19-20(26)35-22-33-11-34-37(22)21(19)32-10-25(29,30)31/h4-7,11,13-15,32H,8-10H2,1-3H3/b5-4+/t13?,14-,15+. The van der Waals surface area contributed by atoms with Crippen LogP contribution < -0.4 is 5.32 Å². The number of ether oxygens (including phenoxy) is 1. The number of anilines is 1. The lowest BCUT2D eigenvalue weighted by molar-refractivity contribution is -0.115. The molecule has 39 heavy (non-hydrogen) atoms. The summed E-state index contributed by atoms with van der Waals surface area (Å²) in [7, 11) is 0. The molecular weight excluding hydrogens is 547 g/mol. The minimum Gasteiger partial charge on any atom is -0.444 e. The van der Waals surface area contributed by atoms with E-state index in [-0.39, 0.29) is 35.2 Å². The third-order valence-corrected chi connectivity index (χ3v) is 6.85. The molecule has 1 amide bonds. The highest BCUT2D eigenvalue weighted by Crippen LogP contribution is 2.53. The van der Waals surface area contributed by atoms with E-state index in [4.69, 9.17) is 16.3 Å². The van der Waals surface area contributed by atoms with Crippen molar-refractivity contribution in [2.24, 2.45) is 17.8 Å². The number of fused-ring (bicyclic) bond motifs is 2. The van der Waals surface area contributed by atoms with Crippen molar-refractivity contribution in [3.8, 4) is 11.1 Å². The second-order valence-electron chi connectivity index (χ2n) is 10.6. The summed E-state index contributed by atoms with van der Waals surface area (Å²) in [6, 6.07) is 2.13. The molecule has 5 rings (SSSR count). The summed E-state index contributed by atoms with van der Waals surface area (Å²) in [6.07, 6.45) is -0.529. The van der Waals surface area contributed by atoms with Crippen molar-refractivity contribution in [1.82, 2.24) is 24.5 Å². The lowest BCUT2D eigenvalue weighted by atomic mass is 10.0. The Morgan fingerprint density at radius 2 is 1.79 bits per heavy atom. The summed E-state index contributed by atoms with van der Waals surface area (Å²) in [4.78, 5) is 21.6. The molecule has 3 atom stereocenters. The third kappa shape index (κ3) is 5.63. The zero-order valence-corrected chi connectivity index (χ0v) is 21.8. The summed E-state index contributed by atoms with van der Waals surface area (Å²) in [6.45, 7) is 4.98. The molecule has 1 saturated heterocycles. The smallest absolute Gasteiger partial charge is 0.410 e. The normalized spacial score (nSPS) is 21.1. The first-order chi connectivity index (χ1) is 18.2. The van der Waals surface area contributed by atoms with Gasteiger partial charge in [-0.1, -0.05) is 23.8 Å². The lowest BCUT2D eigenvalue weighted by Gasteiger charge is -2.25. The molecule has 14 heteroatoms. The highest BCUT2D eigenvalue weighted by molar-refractivity contribution is 6.33. The fourth-order valence-electron chi connectivity index (χ4n) is 4.87. The Hall–Kier alpha value is -3.48. The van der Waals surface area contributed by atoms with Crippen molar-refractivity contribution >= 4 is 35.4 Å². The van der Waals surface area contributed by atoms with Crippen LogP contribution in [0.15, 0.2) is 24.5 Å². The van der Waals surface area contributed by atoms with Crippen molar-refractivity contribution in [3.05, 3.63) is 46.9 Å². The molecule has 3 heterocycles. The zero-order chi connectivity index (χ0) is 28.3. The maximum absolute atomic E-state index is 15.3. The maximum Gasteiger partial charge on any atom is 0.410 e. The van der Waals surface area contributed by atoms with Gasteiger partial charge in [-0.25, -0.2) is 13.6 Å². The van der Waals surface area contributed by atoms with Gasteiger partial charge >= 0.3 is 12.3 Å². The maximum atomic E-state index is 15.3. The first kappa shape index (κ1) is 27.1. The quantitative estimate of drug-likeness (QED) is 0.307. The fraction of sp³-hybridized carbons (Fsp3) is 0.440. The van der Waals surface area contributed by atoms with Crippen LogP contribution in [0.25, 0.3) is 23.0 Å². The topological polar surface area (TPSA) is 84.7 Å². The minimum absolute atomic E-state index is 0.144. The van der Waals surface area contributed by atoms with E-state index in [1.807, 2.05) is 6.08 Å². The highest BCUT2D eigenvalue weighted by atomic mass is 35.5. The van der Waals surface area contributed by atoms with Crippen LogP contribution >= 0.6 is 11.6 Å². The summed E-state index contributed by atoms with van der Waals surface area (Å²) in [5.41, 5.74) is -1.43. The molecule has 2 fully saturated rings. The van der Waals surface area contributed by atoms with E-state index < -0.39 is 52.1 Å². The van der Waals surface area contributed by atoms with E-state index >= 15 is 8.78 Å². The molecular formula is C25H24ClF5N6O2. The predicted molar refractivity (Wildman–Crippen MR) is 133 cm³/mol. The summed E-state index contributed by atoms with van der Waals surface area (Å²) in [5.74, 6) is -2.00. The Kier molecular flexibility index (Phi) is 6.68. The van der Waals surface area contributed by atoms with Crippen LogP contribution in [0.2, 0.25) is 5.15 Å². The molecule has 1 aliphatic heterocycles. The Bertz CT molecular complexity index is 1430. The van der Waals surface area contributed by atoms with E-state index in [1.165, 1.54) is 0 Å². The molecule has 3 aromatic rings. The first-order valence-corrected chi connectivity index (χ1v) is 12.4. The largest absolute Gasteiger partial charge is 0.444 e. The number of hydrogen-bond acceptors (Lipinski definition) is 6. The van der Waals surface area contributed by atoms with Crippen molar-refractivity contribution in [2.45, 2.75) is 32.5 Å². The SMILES string of the molecule is CC(C)(C)OC(=O)N1C[C@@H]2C(/C=C/c3cc(F)c(-c4c(Cl)nc5ncnn5c4NCC(F)(F)F)c(F)c3)[C@@H]2C1. The molecule has 0 radical (unpaired) electrons. The van der Waals surface area contributed by atoms with Crippen molar-refractivity contribution < 1.29 is 31.5 Å². The summed E-state index contributed by atoms with van der Waals surface area (Å²) in [5, 5.41) is 5.48. The van der Waals surface area contributed by atoms with Gasteiger partial charge in [0.25, 0.3) is 5.78 Å². The molecule has 1 unspecified atom stereocenters. The number of nitrogens with one attached hydrogen (secondary N) is 1. The number of aromatic nitrogens is 4. The average Bonchev–Trinajstić information content (AvgIpc) is 3.14. The van der Waals surface area contributed by atoms with E-state index in [2.05, 4.69) is 20.4 Å². The Balaban J connectivity index is 1.36. The summed E-state index contributed by atoms with van der Waals surface area (Å²) < 4.78 is 75.7. The van der Waals surface area contributed by atoms with Gasteiger partial charge < -0.3 is 15.0 Å². The van der Waals surface area contributed by atoms with E-state index in [9.17, 15) is 18.0 Å². The van der Waals surface area contributed by atoms with E-state index in [0.717, 1.165) is 23.0 Å². The van der Waals surface area contributed by atoms with Crippen LogP contribution in [-0.4, -0.2) is 62.0 Å². The Morgan fingerprint density at radius 1 is 1.15 bits per heavy atom. The molecule has 1 saturated carbocycles. The van der Waals surface area contributed by atoms with Crippen molar-refractivity contribution in [3.63, 3.8) is 0 Å². The summed E-state index contributed by atoms with van der Waals surface area (Å²) >= 11 is 6.17. The van der Waals surface area contributed by atoms with Crippen LogP contribution in [0.5, 0.6) is 0 Å². The second-order valence-corrected chi connectivity index (χ2v) is 10.9. The first-order valence-electron chi connectivity index (χ1n) is 12.1. The molecule has 208 valence electrons. The second kappa shape index (κ2) is 9.61. The van der Waals surface area contributed by atoms with Gasteiger partial charge in [-0.15, -0.1) is 0 Å². The molecule has 0 spiro atoms. The predicted octanol–water partition coefficient (Wildman–Crippen LogP) is 5.82. The minimum atomic E-state index is -4.63. The van der Waals surface area contributed by atoms with Crippen LogP contribution in [0.4, 0.5) is 32.6 Å². The number of nitrogens with zero attached hydrogens (tertiary/aromatic N) is 5. The van der Waals surface area contributed by atoms with Crippen LogP contribution in [0.3, 0.4) is 0 Å². The van der Waals surface area contributed by atoms with E-state index in [0.29, 0.717) is 13.1 Å². The van der Waals surface area contributed by atoms with Gasteiger partial charge in [0, 0.05) is 13.1 Å². The number of rotatable bonds is 5. The van der Waals surface area contributed by atoms with Gasteiger partial charge in [0.05, 0.1) is 11.1 Å². The highest BCUT2D eigenvalue weighted by Gasteiger charge is 2.55. The number of likely N-dealkylation sites (tertiary alicyclic amines) is 1. The Labute approximate surface area is 224 Å². The molecule has 8 nitrogen and oxygen atoms in total. The van der Waals surface area contributed by atoms with Crippen LogP contribution in [0, 0.1) is 29.4 Å². The number of carbonyl (C=O) groups excluding carboxylic acids is 1.